The number of nitrogens with one attached hydrogen (secondary N) is 1. The van der Waals surface area contributed by atoms with Crippen molar-refractivity contribution in [1.82, 2.24) is 25.1 Å². The van der Waals surface area contributed by atoms with E-state index in [1.807, 2.05) is 35.2 Å². The minimum atomic E-state index is -0.255. The van der Waals surface area contributed by atoms with E-state index < -0.39 is 0 Å². The first-order valence-corrected chi connectivity index (χ1v) is 12.1. The number of nitrogens with zero attached hydrogens (tertiary/aromatic N) is 4. The summed E-state index contributed by atoms with van der Waals surface area (Å²) in [6.45, 7) is 1.22. The van der Waals surface area contributed by atoms with Gasteiger partial charge in [0, 0.05) is 42.9 Å². The van der Waals surface area contributed by atoms with Crippen molar-refractivity contribution >= 4 is 16.8 Å². The van der Waals surface area contributed by atoms with Gasteiger partial charge in [0.05, 0.1) is 14.2 Å². The molecule has 0 saturated carbocycles. The predicted molar refractivity (Wildman–Crippen MR) is 133 cm³/mol. The van der Waals surface area contributed by atoms with Crippen molar-refractivity contribution in [3.63, 3.8) is 0 Å². The number of aromatic amines is 1. The number of carbonyl (C=O) groups excluding carboxylic acids is 1. The van der Waals surface area contributed by atoms with Gasteiger partial charge < -0.3 is 19.1 Å². The smallest absolute Gasteiger partial charge is 0.272 e. The molecule has 0 atom stereocenters. The maximum atomic E-state index is 13.4. The SMILES string of the molecule is COc1cc(C(=O)N2CCC3(CCc4cc(-c5ncn[nH]5)ccc4O3)CC2)nc2c(OC)cccc12. The number of ether oxygens (including phenoxy) is 3. The number of aryl methyl sites for hydroxylation is 1. The van der Waals surface area contributed by atoms with Gasteiger partial charge in [-0.15, -0.1) is 0 Å². The fourth-order valence-electron chi connectivity index (χ4n) is 5.28. The topological polar surface area (TPSA) is 102 Å². The molecule has 2 aromatic carbocycles. The number of amides is 1. The Bertz CT molecular complexity index is 1430. The zero-order valence-corrected chi connectivity index (χ0v) is 20.3. The lowest BCUT2D eigenvalue weighted by atomic mass is 9.82. The second-order valence-corrected chi connectivity index (χ2v) is 9.30. The van der Waals surface area contributed by atoms with Crippen LogP contribution < -0.4 is 14.2 Å². The van der Waals surface area contributed by atoms with E-state index in [0.717, 1.165) is 48.2 Å². The zero-order chi connectivity index (χ0) is 24.7. The van der Waals surface area contributed by atoms with Gasteiger partial charge >= 0.3 is 0 Å². The van der Waals surface area contributed by atoms with Crippen LogP contribution in [-0.2, 0) is 6.42 Å². The van der Waals surface area contributed by atoms with Crippen LogP contribution in [0, 0.1) is 0 Å². The molecule has 4 aromatic rings. The van der Waals surface area contributed by atoms with Gasteiger partial charge in [-0.25, -0.2) is 9.97 Å². The molecule has 0 unspecified atom stereocenters. The Morgan fingerprint density at radius 3 is 2.64 bits per heavy atom. The Morgan fingerprint density at radius 1 is 1.06 bits per heavy atom. The summed E-state index contributed by atoms with van der Waals surface area (Å²) in [5.41, 5.74) is 2.90. The van der Waals surface area contributed by atoms with E-state index in [9.17, 15) is 4.79 Å². The monoisotopic (exact) mass is 485 g/mol. The second kappa shape index (κ2) is 8.82. The Labute approximate surface area is 208 Å². The highest BCUT2D eigenvalue weighted by Crippen LogP contribution is 2.41. The van der Waals surface area contributed by atoms with Gasteiger partial charge in [0.2, 0.25) is 0 Å². The minimum absolute atomic E-state index is 0.108. The molecule has 36 heavy (non-hydrogen) atoms. The molecule has 0 aliphatic carbocycles. The first-order valence-electron chi connectivity index (χ1n) is 12.1. The molecule has 6 rings (SSSR count). The molecular weight excluding hydrogens is 458 g/mol. The molecule has 4 heterocycles. The Kier molecular flexibility index (Phi) is 5.47. The van der Waals surface area contributed by atoms with Crippen LogP contribution in [0.2, 0.25) is 0 Å². The Hall–Kier alpha value is -4.14. The van der Waals surface area contributed by atoms with Gasteiger partial charge in [-0.05, 0) is 48.7 Å². The van der Waals surface area contributed by atoms with Crippen LogP contribution in [0.5, 0.6) is 17.2 Å². The van der Waals surface area contributed by atoms with Crippen molar-refractivity contribution in [2.24, 2.45) is 0 Å². The molecule has 2 aliphatic heterocycles. The third-order valence-electron chi connectivity index (χ3n) is 7.31. The number of piperidine rings is 1. The summed E-state index contributed by atoms with van der Waals surface area (Å²) in [4.78, 5) is 24.2. The molecule has 9 heteroatoms. The number of pyridine rings is 1. The number of benzene rings is 2. The normalized spacial score (nSPS) is 16.4. The number of likely N-dealkylation sites (tertiary alicyclic amines) is 1. The number of aromatic nitrogens is 4. The number of fused-ring (bicyclic) bond motifs is 2. The number of H-pyrrole nitrogens is 1. The minimum Gasteiger partial charge on any atom is -0.496 e. The molecule has 1 saturated heterocycles. The van der Waals surface area contributed by atoms with Gasteiger partial charge in [0.15, 0.2) is 5.82 Å². The van der Waals surface area contributed by atoms with Crippen LogP contribution in [-0.4, -0.2) is 63.9 Å². The summed E-state index contributed by atoms with van der Waals surface area (Å²) in [5.74, 6) is 2.77. The third kappa shape index (κ3) is 3.80. The first kappa shape index (κ1) is 22.3. The van der Waals surface area contributed by atoms with E-state index in [1.54, 1.807) is 20.3 Å². The molecule has 1 amide bonds. The molecule has 1 fully saturated rings. The molecular formula is C27H27N5O4. The van der Waals surface area contributed by atoms with Crippen molar-refractivity contribution < 1.29 is 19.0 Å². The number of carbonyl (C=O) groups is 1. The number of hydrogen-bond donors (Lipinski definition) is 1. The largest absolute Gasteiger partial charge is 0.496 e. The van der Waals surface area contributed by atoms with E-state index in [4.69, 9.17) is 14.2 Å². The Morgan fingerprint density at radius 2 is 1.89 bits per heavy atom. The highest BCUT2D eigenvalue weighted by atomic mass is 16.5. The average molecular weight is 486 g/mol. The number of rotatable bonds is 4. The summed E-state index contributed by atoms with van der Waals surface area (Å²) >= 11 is 0. The summed E-state index contributed by atoms with van der Waals surface area (Å²) in [6, 6.07) is 13.5. The highest BCUT2D eigenvalue weighted by molar-refractivity contribution is 5.98. The lowest BCUT2D eigenvalue weighted by Gasteiger charge is -2.44. The maximum Gasteiger partial charge on any atom is 0.272 e. The van der Waals surface area contributed by atoms with Crippen LogP contribution in [0.15, 0.2) is 48.8 Å². The van der Waals surface area contributed by atoms with Crippen molar-refractivity contribution in [3.05, 3.63) is 60.0 Å². The number of methoxy groups -OCH3 is 2. The first-order chi connectivity index (χ1) is 17.6. The fourth-order valence-corrected chi connectivity index (χ4v) is 5.28. The van der Waals surface area contributed by atoms with E-state index in [0.29, 0.717) is 35.8 Å². The van der Waals surface area contributed by atoms with Crippen LogP contribution in [0.3, 0.4) is 0 Å². The van der Waals surface area contributed by atoms with Crippen molar-refractivity contribution in [2.75, 3.05) is 27.3 Å². The van der Waals surface area contributed by atoms with Crippen LogP contribution >= 0.6 is 0 Å². The van der Waals surface area contributed by atoms with E-state index in [1.165, 1.54) is 11.9 Å². The lowest BCUT2D eigenvalue weighted by molar-refractivity contribution is -0.0108. The van der Waals surface area contributed by atoms with Gasteiger partial charge in [-0.3, -0.25) is 9.89 Å². The molecule has 1 N–H and O–H groups in total. The maximum absolute atomic E-state index is 13.4. The number of para-hydroxylation sites is 1. The van der Waals surface area contributed by atoms with Crippen LogP contribution in [0.4, 0.5) is 0 Å². The molecule has 2 aliphatic rings. The predicted octanol–water partition coefficient (Wildman–Crippen LogP) is 4.04. The molecule has 184 valence electrons. The zero-order valence-electron chi connectivity index (χ0n) is 20.3. The van der Waals surface area contributed by atoms with Crippen molar-refractivity contribution in [2.45, 2.75) is 31.3 Å². The van der Waals surface area contributed by atoms with Gasteiger partial charge in [-0.1, -0.05) is 6.07 Å². The molecule has 2 aromatic heterocycles. The highest BCUT2D eigenvalue weighted by Gasteiger charge is 2.41. The lowest BCUT2D eigenvalue weighted by Crippen LogP contribution is -2.51. The fraction of sp³-hybridized carbons (Fsp3) is 0.333. The Balaban J connectivity index is 1.19. The second-order valence-electron chi connectivity index (χ2n) is 9.30. The van der Waals surface area contributed by atoms with E-state index >= 15 is 0 Å². The van der Waals surface area contributed by atoms with E-state index in [2.05, 4.69) is 26.2 Å². The molecule has 0 radical (unpaired) electrons. The molecule has 9 nitrogen and oxygen atoms in total. The quantitative estimate of drug-likeness (QED) is 0.465. The van der Waals surface area contributed by atoms with Gasteiger partial charge in [0.25, 0.3) is 5.91 Å². The molecule has 1 spiro atoms. The summed E-state index contributed by atoms with van der Waals surface area (Å²) in [7, 11) is 3.19. The average Bonchev–Trinajstić information content (AvgIpc) is 3.47. The number of hydrogen-bond acceptors (Lipinski definition) is 7. The van der Waals surface area contributed by atoms with Gasteiger partial charge in [-0.2, -0.15) is 5.10 Å². The molecule has 0 bridgehead atoms. The third-order valence-corrected chi connectivity index (χ3v) is 7.31. The summed E-state index contributed by atoms with van der Waals surface area (Å²) in [5, 5.41) is 7.66. The van der Waals surface area contributed by atoms with Crippen molar-refractivity contribution in [3.8, 4) is 28.6 Å². The van der Waals surface area contributed by atoms with Gasteiger partial charge in [0.1, 0.15) is 40.4 Å². The van der Waals surface area contributed by atoms with Crippen LogP contribution in [0.1, 0.15) is 35.3 Å². The summed E-state index contributed by atoms with van der Waals surface area (Å²) in [6.07, 6.45) is 4.90. The van der Waals surface area contributed by atoms with Crippen molar-refractivity contribution in [1.29, 1.82) is 0 Å². The summed E-state index contributed by atoms with van der Waals surface area (Å²) < 4.78 is 17.6. The van der Waals surface area contributed by atoms with Crippen LogP contribution in [0.25, 0.3) is 22.3 Å². The van der Waals surface area contributed by atoms with E-state index in [-0.39, 0.29) is 11.5 Å². The standard InChI is InChI=1S/C27H27N5O4/c1-34-22-5-3-4-19-23(35-2)15-20(30-24(19)22)26(33)32-12-10-27(11-13-32)9-8-17-14-18(6-7-21(17)36-27)25-28-16-29-31-25/h3-7,14-16H,8-13H2,1-2H3,(H,28,29,31).